The third-order valence-electron chi connectivity index (χ3n) is 5.60. The fourth-order valence-corrected chi connectivity index (χ4v) is 3.83. The van der Waals surface area contributed by atoms with Gasteiger partial charge in [-0.2, -0.15) is 0 Å². The highest BCUT2D eigenvalue weighted by Crippen LogP contribution is 2.14. The van der Waals surface area contributed by atoms with E-state index in [1.807, 2.05) is 12.1 Å². The molecule has 2 rings (SSSR count). The number of hydrogen-bond donors (Lipinski definition) is 2. The Morgan fingerprint density at radius 2 is 1.21 bits per heavy atom. The molecule has 10 heteroatoms. The Balaban J connectivity index is 2.20. The molecule has 0 aliphatic rings. The molecule has 0 heterocycles. The third kappa shape index (κ3) is 13.9. The number of ether oxygens (including phenoxy) is 3. The summed E-state index contributed by atoms with van der Waals surface area (Å²) in [5, 5.41) is 5.05. The average Bonchev–Trinajstić information content (AvgIpc) is 2.88. The van der Waals surface area contributed by atoms with Crippen molar-refractivity contribution in [3.63, 3.8) is 0 Å². The van der Waals surface area contributed by atoms with Crippen LogP contribution >= 0.6 is 0 Å². The number of nitrogens with one attached hydrogen (secondary N) is 2. The van der Waals surface area contributed by atoms with Crippen LogP contribution in [-0.2, 0) is 46.4 Å². The SMILES string of the molecule is CC(C)(C)OC(=O)CC[C@H](NC(=O)[C@H](CC(=O)OC(C)(C)C)NC(=O)OCc1ccccc1)C(=O)Cc1ccccc1. The number of esters is 2. The van der Waals surface area contributed by atoms with Crippen molar-refractivity contribution >= 4 is 29.7 Å². The number of rotatable bonds is 13. The summed E-state index contributed by atoms with van der Waals surface area (Å²) in [4.78, 5) is 64.4. The molecule has 42 heavy (non-hydrogen) atoms. The van der Waals surface area contributed by atoms with Gasteiger partial charge in [-0.25, -0.2) is 4.79 Å². The van der Waals surface area contributed by atoms with E-state index >= 15 is 0 Å². The van der Waals surface area contributed by atoms with Gasteiger partial charge in [0.1, 0.15) is 23.9 Å². The van der Waals surface area contributed by atoms with Crippen LogP contribution in [0.25, 0.3) is 0 Å². The molecule has 0 spiro atoms. The van der Waals surface area contributed by atoms with Crippen LogP contribution in [0.3, 0.4) is 0 Å². The molecule has 0 aliphatic heterocycles. The molecule has 10 nitrogen and oxygen atoms in total. The first-order chi connectivity index (χ1) is 19.6. The molecule has 2 aromatic carbocycles. The Bertz CT molecular complexity index is 1200. The summed E-state index contributed by atoms with van der Waals surface area (Å²) < 4.78 is 15.9. The monoisotopic (exact) mass is 582 g/mol. The van der Waals surface area contributed by atoms with Crippen molar-refractivity contribution in [2.75, 3.05) is 0 Å². The largest absolute Gasteiger partial charge is 0.460 e. The van der Waals surface area contributed by atoms with Crippen LogP contribution in [0.5, 0.6) is 0 Å². The average molecular weight is 583 g/mol. The lowest BCUT2D eigenvalue weighted by Crippen LogP contribution is -2.53. The Hall–Kier alpha value is -4.21. The van der Waals surface area contributed by atoms with E-state index in [1.165, 1.54) is 0 Å². The zero-order chi connectivity index (χ0) is 31.3. The number of amides is 2. The van der Waals surface area contributed by atoms with Crippen molar-refractivity contribution in [1.82, 2.24) is 10.6 Å². The molecule has 0 bridgehead atoms. The number of carbonyl (C=O) groups excluding carboxylic acids is 5. The number of benzene rings is 2. The lowest BCUT2D eigenvalue weighted by molar-refractivity contribution is -0.156. The van der Waals surface area contributed by atoms with Gasteiger partial charge in [0, 0.05) is 12.8 Å². The molecule has 0 aromatic heterocycles. The topological polar surface area (TPSA) is 137 Å². The molecular formula is C32H42N2O8. The van der Waals surface area contributed by atoms with Gasteiger partial charge in [-0.1, -0.05) is 60.7 Å². The highest BCUT2D eigenvalue weighted by Gasteiger charge is 2.31. The fourth-order valence-electron chi connectivity index (χ4n) is 3.83. The maximum absolute atomic E-state index is 13.4. The van der Waals surface area contributed by atoms with Crippen molar-refractivity contribution < 1.29 is 38.2 Å². The second kappa shape index (κ2) is 15.7. The smallest absolute Gasteiger partial charge is 0.408 e. The summed E-state index contributed by atoms with van der Waals surface area (Å²) in [6, 6.07) is 15.4. The zero-order valence-corrected chi connectivity index (χ0v) is 25.2. The van der Waals surface area contributed by atoms with E-state index in [9.17, 15) is 24.0 Å². The molecule has 0 radical (unpaired) electrons. The molecular weight excluding hydrogens is 540 g/mol. The van der Waals surface area contributed by atoms with Gasteiger partial charge in [-0.05, 0) is 59.1 Å². The van der Waals surface area contributed by atoms with Crippen LogP contribution in [-0.4, -0.2) is 53.0 Å². The summed E-state index contributed by atoms with van der Waals surface area (Å²) in [5.74, 6) is -2.40. The van der Waals surface area contributed by atoms with E-state index in [1.54, 1.807) is 90.1 Å². The molecule has 2 N–H and O–H groups in total. The number of carbonyl (C=O) groups is 5. The van der Waals surface area contributed by atoms with Gasteiger partial charge < -0.3 is 24.8 Å². The maximum atomic E-state index is 13.4. The Labute approximate surface area is 247 Å². The van der Waals surface area contributed by atoms with Crippen LogP contribution in [0.4, 0.5) is 4.79 Å². The maximum Gasteiger partial charge on any atom is 0.408 e. The highest BCUT2D eigenvalue weighted by atomic mass is 16.6. The normalized spacial score (nSPS) is 12.8. The molecule has 2 atom stereocenters. The number of ketones is 1. The van der Waals surface area contributed by atoms with Crippen LogP contribution in [0.1, 0.15) is 71.9 Å². The zero-order valence-electron chi connectivity index (χ0n) is 25.2. The lowest BCUT2D eigenvalue weighted by Gasteiger charge is -2.25. The van der Waals surface area contributed by atoms with Crippen molar-refractivity contribution in [1.29, 1.82) is 0 Å². The van der Waals surface area contributed by atoms with Gasteiger partial charge in [0.05, 0.1) is 12.5 Å². The predicted octanol–water partition coefficient (Wildman–Crippen LogP) is 4.43. The van der Waals surface area contributed by atoms with Gasteiger partial charge in [-0.3, -0.25) is 19.2 Å². The number of hydrogen-bond acceptors (Lipinski definition) is 8. The van der Waals surface area contributed by atoms with Crippen molar-refractivity contribution in [2.24, 2.45) is 0 Å². The van der Waals surface area contributed by atoms with Crippen molar-refractivity contribution in [3.05, 3.63) is 71.8 Å². The van der Waals surface area contributed by atoms with E-state index < -0.39 is 53.6 Å². The third-order valence-corrected chi connectivity index (χ3v) is 5.60. The van der Waals surface area contributed by atoms with E-state index in [0.717, 1.165) is 11.1 Å². The Morgan fingerprint density at radius 1 is 0.690 bits per heavy atom. The second-order valence-electron chi connectivity index (χ2n) is 11.9. The minimum absolute atomic E-state index is 0.00336. The van der Waals surface area contributed by atoms with Crippen LogP contribution in [0.15, 0.2) is 60.7 Å². The van der Waals surface area contributed by atoms with E-state index in [-0.39, 0.29) is 31.7 Å². The van der Waals surface area contributed by atoms with Crippen LogP contribution < -0.4 is 10.6 Å². The van der Waals surface area contributed by atoms with Crippen molar-refractivity contribution in [2.45, 2.75) is 97.1 Å². The summed E-state index contributed by atoms with van der Waals surface area (Å²) in [7, 11) is 0. The Morgan fingerprint density at radius 3 is 1.76 bits per heavy atom. The van der Waals surface area contributed by atoms with Crippen LogP contribution in [0.2, 0.25) is 0 Å². The minimum atomic E-state index is -1.41. The van der Waals surface area contributed by atoms with Gasteiger partial charge in [-0.15, -0.1) is 0 Å². The molecule has 0 fully saturated rings. The summed E-state index contributed by atoms with van der Waals surface area (Å²) in [6.07, 6.45) is -1.60. The first-order valence-corrected chi connectivity index (χ1v) is 13.9. The molecule has 2 amide bonds. The summed E-state index contributed by atoms with van der Waals surface area (Å²) >= 11 is 0. The fraction of sp³-hybridized carbons (Fsp3) is 0.469. The molecule has 0 saturated heterocycles. The van der Waals surface area contributed by atoms with Gasteiger partial charge >= 0.3 is 18.0 Å². The number of alkyl carbamates (subject to hydrolysis) is 1. The quantitative estimate of drug-likeness (QED) is 0.261. The standard InChI is InChI=1S/C32H42N2O8/c1-31(2,3)41-27(36)18-17-24(26(35)19-22-13-9-7-10-14-22)33-29(38)25(20-28(37)42-32(4,5)6)34-30(39)40-21-23-15-11-8-12-16-23/h7-16,24-25H,17-21H2,1-6H3,(H,33,38)(H,34,39)/t24-,25-/m0/s1. The molecule has 228 valence electrons. The van der Waals surface area contributed by atoms with Crippen molar-refractivity contribution in [3.8, 4) is 0 Å². The highest BCUT2D eigenvalue weighted by molar-refractivity contribution is 5.95. The van der Waals surface area contributed by atoms with Gasteiger partial charge in [0.15, 0.2) is 5.78 Å². The Kier molecular flexibility index (Phi) is 12.7. The van der Waals surface area contributed by atoms with Crippen LogP contribution in [0, 0.1) is 0 Å². The predicted molar refractivity (Wildman–Crippen MR) is 156 cm³/mol. The first kappa shape index (κ1) is 34.0. The molecule has 0 aliphatic carbocycles. The molecule has 0 unspecified atom stereocenters. The first-order valence-electron chi connectivity index (χ1n) is 13.9. The van der Waals surface area contributed by atoms with E-state index in [0.29, 0.717) is 0 Å². The van der Waals surface area contributed by atoms with E-state index in [2.05, 4.69) is 10.6 Å². The summed E-state index contributed by atoms with van der Waals surface area (Å²) in [5.41, 5.74) is -0.0820. The molecule has 2 aromatic rings. The lowest BCUT2D eigenvalue weighted by atomic mass is 9.99. The minimum Gasteiger partial charge on any atom is -0.460 e. The molecule has 0 saturated carbocycles. The summed E-state index contributed by atoms with van der Waals surface area (Å²) in [6.45, 7) is 10.2. The second-order valence-corrected chi connectivity index (χ2v) is 11.9. The number of Topliss-reactive ketones (excluding diaryl/α,β-unsaturated/α-hetero) is 1. The van der Waals surface area contributed by atoms with Gasteiger partial charge in [0.25, 0.3) is 0 Å². The van der Waals surface area contributed by atoms with E-state index in [4.69, 9.17) is 14.2 Å². The van der Waals surface area contributed by atoms with Gasteiger partial charge in [0.2, 0.25) is 5.91 Å².